The summed E-state index contributed by atoms with van der Waals surface area (Å²) < 4.78 is 10.8. The fraction of sp³-hybridized carbons (Fsp3) is 0.680. The molecule has 1 N–H and O–H groups in total. The molecule has 1 saturated carbocycles. The highest BCUT2D eigenvalue weighted by Crippen LogP contribution is 2.44. The van der Waals surface area contributed by atoms with Gasteiger partial charge in [-0.1, -0.05) is 31.4 Å². The molecule has 1 aromatic carbocycles. The highest BCUT2D eigenvalue weighted by molar-refractivity contribution is 5.83. The van der Waals surface area contributed by atoms with Crippen molar-refractivity contribution in [3.05, 3.63) is 29.8 Å². The summed E-state index contributed by atoms with van der Waals surface area (Å²) >= 11 is 0. The van der Waals surface area contributed by atoms with Crippen molar-refractivity contribution in [3.8, 4) is 5.75 Å². The van der Waals surface area contributed by atoms with E-state index in [2.05, 4.69) is 5.32 Å². The molecule has 2 heterocycles. The van der Waals surface area contributed by atoms with Crippen LogP contribution in [0.1, 0.15) is 56.9 Å². The van der Waals surface area contributed by atoms with Gasteiger partial charge in [0.05, 0.1) is 13.0 Å². The molecule has 0 bridgehead atoms. The minimum absolute atomic E-state index is 0.122. The van der Waals surface area contributed by atoms with Crippen molar-refractivity contribution in [2.24, 2.45) is 11.3 Å². The van der Waals surface area contributed by atoms with Gasteiger partial charge in [0.2, 0.25) is 11.8 Å². The minimum atomic E-state index is -0.132. The summed E-state index contributed by atoms with van der Waals surface area (Å²) in [6.45, 7) is 2.59. The largest absolute Gasteiger partial charge is 0.497 e. The molecule has 2 amide bonds. The minimum Gasteiger partial charge on any atom is -0.497 e. The number of carbonyl (C=O) groups excluding carboxylic acids is 2. The van der Waals surface area contributed by atoms with Crippen LogP contribution in [0.5, 0.6) is 5.75 Å². The van der Waals surface area contributed by atoms with E-state index in [0.29, 0.717) is 45.2 Å². The van der Waals surface area contributed by atoms with Gasteiger partial charge < -0.3 is 19.7 Å². The van der Waals surface area contributed by atoms with Gasteiger partial charge in [0.1, 0.15) is 5.75 Å². The van der Waals surface area contributed by atoms with Crippen LogP contribution in [0.25, 0.3) is 0 Å². The van der Waals surface area contributed by atoms with E-state index < -0.39 is 0 Å². The van der Waals surface area contributed by atoms with E-state index in [1.165, 1.54) is 19.3 Å². The second-order valence-electron chi connectivity index (χ2n) is 9.49. The van der Waals surface area contributed by atoms with Crippen molar-refractivity contribution in [3.63, 3.8) is 0 Å². The third kappa shape index (κ3) is 5.22. The fourth-order valence-electron chi connectivity index (χ4n) is 5.55. The Morgan fingerprint density at radius 2 is 1.84 bits per heavy atom. The predicted molar refractivity (Wildman–Crippen MR) is 119 cm³/mol. The Morgan fingerprint density at radius 1 is 1.13 bits per heavy atom. The van der Waals surface area contributed by atoms with Gasteiger partial charge >= 0.3 is 0 Å². The van der Waals surface area contributed by atoms with Crippen LogP contribution in [0.2, 0.25) is 0 Å². The smallest absolute Gasteiger partial charge is 0.225 e. The number of likely N-dealkylation sites (tertiary alicyclic amines) is 1. The van der Waals surface area contributed by atoms with Crippen LogP contribution >= 0.6 is 0 Å². The number of methoxy groups -OCH3 is 1. The van der Waals surface area contributed by atoms with Gasteiger partial charge in [-0.15, -0.1) is 0 Å². The lowest BCUT2D eigenvalue weighted by molar-refractivity contribution is -0.130. The quantitative estimate of drug-likeness (QED) is 0.755. The Labute approximate surface area is 185 Å². The molecule has 1 aliphatic carbocycles. The lowest BCUT2D eigenvalue weighted by Crippen LogP contribution is -2.47. The van der Waals surface area contributed by atoms with Crippen molar-refractivity contribution in [1.82, 2.24) is 10.2 Å². The van der Waals surface area contributed by atoms with E-state index in [9.17, 15) is 9.59 Å². The summed E-state index contributed by atoms with van der Waals surface area (Å²) in [7, 11) is 1.65. The average molecular weight is 429 g/mol. The summed E-state index contributed by atoms with van der Waals surface area (Å²) in [6, 6.07) is 8.18. The Bertz CT molecular complexity index is 751. The molecule has 2 saturated heterocycles. The van der Waals surface area contributed by atoms with E-state index in [1.54, 1.807) is 7.11 Å². The van der Waals surface area contributed by atoms with E-state index in [0.717, 1.165) is 37.0 Å². The first-order valence-electron chi connectivity index (χ1n) is 11.9. The van der Waals surface area contributed by atoms with Crippen LogP contribution in [0.4, 0.5) is 0 Å². The maximum atomic E-state index is 13.3. The number of benzene rings is 1. The molecule has 170 valence electrons. The second kappa shape index (κ2) is 10.0. The Balaban J connectivity index is 1.38. The normalized spacial score (nSPS) is 23.6. The first kappa shape index (κ1) is 22.1. The molecule has 1 unspecified atom stereocenters. The molecule has 1 spiro atoms. The molecule has 3 aliphatic rings. The molecule has 4 rings (SSSR count). The number of carbonyl (C=O) groups is 2. The molecule has 0 radical (unpaired) electrons. The Hall–Kier alpha value is -2.08. The predicted octanol–water partition coefficient (Wildman–Crippen LogP) is 3.33. The molecular formula is C25H36N2O4. The lowest BCUT2D eigenvalue weighted by atomic mass is 9.71. The van der Waals surface area contributed by atoms with Gasteiger partial charge in [0.15, 0.2) is 0 Å². The zero-order valence-corrected chi connectivity index (χ0v) is 18.7. The summed E-state index contributed by atoms with van der Waals surface area (Å²) in [5.41, 5.74) is 0.993. The monoisotopic (exact) mass is 428 g/mol. The molecule has 1 atom stereocenters. The van der Waals surface area contributed by atoms with Crippen molar-refractivity contribution >= 4 is 11.8 Å². The van der Waals surface area contributed by atoms with Crippen LogP contribution in [-0.2, 0) is 20.7 Å². The van der Waals surface area contributed by atoms with E-state index >= 15 is 0 Å². The van der Waals surface area contributed by atoms with E-state index in [4.69, 9.17) is 9.47 Å². The maximum Gasteiger partial charge on any atom is 0.225 e. The van der Waals surface area contributed by atoms with Gasteiger partial charge in [-0.3, -0.25) is 9.59 Å². The van der Waals surface area contributed by atoms with Crippen molar-refractivity contribution in [2.75, 3.05) is 33.4 Å². The van der Waals surface area contributed by atoms with Crippen molar-refractivity contribution in [1.29, 1.82) is 0 Å². The number of amides is 2. The van der Waals surface area contributed by atoms with Gasteiger partial charge in [-0.2, -0.15) is 0 Å². The lowest BCUT2D eigenvalue weighted by Gasteiger charge is -2.37. The molecular weight excluding hydrogens is 392 g/mol. The molecule has 1 aromatic rings. The zero-order valence-electron chi connectivity index (χ0n) is 18.7. The van der Waals surface area contributed by atoms with Crippen LogP contribution in [0.15, 0.2) is 24.3 Å². The summed E-state index contributed by atoms with van der Waals surface area (Å²) in [6.07, 6.45) is 8.72. The maximum absolute atomic E-state index is 13.3. The average Bonchev–Trinajstić information content (AvgIpc) is 3.17. The van der Waals surface area contributed by atoms with Crippen LogP contribution in [0, 0.1) is 11.3 Å². The summed E-state index contributed by atoms with van der Waals surface area (Å²) in [5, 5.41) is 3.33. The molecule has 6 nitrogen and oxygen atoms in total. The van der Waals surface area contributed by atoms with Crippen LogP contribution in [-0.4, -0.2) is 56.2 Å². The highest BCUT2D eigenvalue weighted by atomic mass is 16.5. The second-order valence-corrected chi connectivity index (χ2v) is 9.49. The number of nitrogens with zero attached hydrogens (tertiary/aromatic N) is 1. The van der Waals surface area contributed by atoms with Crippen LogP contribution in [0.3, 0.4) is 0 Å². The molecule has 31 heavy (non-hydrogen) atoms. The molecule has 6 heteroatoms. The highest BCUT2D eigenvalue weighted by Gasteiger charge is 2.51. The first-order chi connectivity index (χ1) is 15.1. The third-order valence-corrected chi connectivity index (χ3v) is 7.54. The number of rotatable bonds is 6. The number of nitrogens with one attached hydrogen (secondary N) is 1. The Morgan fingerprint density at radius 3 is 2.52 bits per heavy atom. The molecule has 3 fully saturated rings. The number of hydrogen-bond donors (Lipinski definition) is 1. The fourth-order valence-corrected chi connectivity index (χ4v) is 5.55. The van der Waals surface area contributed by atoms with Crippen molar-refractivity contribution < 1.29 is 19.1 Å². The van der Waals surface area contributed by atoms with Crippen molar-refractivity contribution in [2.45, 2.75) is 63.8 Å². The zero-order chi connectivity index (χ0) is 21.7. The first-order valence-corrected chi connectivity index (χ1v) is 11.9. The summed E-state index contributed by atoms with van der Waals surface area (Å²) in [4.78, 5) is 28.3. The van der Waals surface area contributed by atoms with E-state index in [-0.39, 0.29) is 23.1 Å². The summed E-state index contributed by atoms with van der Waals surface area (Å²) in [5.74, 6) is 1.00. The van der Waals surface area contributed by atoms with Gasteiger partial charge in [-0.05, 0) is 49.8 Å². The Kier molecular flexibility index (Phi) is 7.16. The number of aryl methyl sites for hydroxylation is 1. The number of ether oxygens (including phenoxy) is 2. The van der Waals surface area contributed by atoms with Gasteiger partial charge in [0.25, 0.3) is 0 Å². The standard InChI is InChI=1S/C25H36N2O4/c1-30-21-10-7-19(8-11-21)9-12-23(28)27-17-22(25(18-27)13-15-31-16-14-25)24(29)26-20-5-3-2-4-6-20/h7-8,10-11,20,22H,2-6,9,12-18H2,1H3,(H,26,29). The molecule has 0 aromatic heterocycles. The number of hydrogen-bond acceptors (Lipinski definition) is 4. The molecule has 2 aliphatic heterocycles. The topological polar surface area (TPSA) is 67.9 Å². The van der Waals surface area contributed by atoms with Gasteiger partial charge in [0, 0.05) is 44.2 Å². The van der Waals surface area contributed by atoms with Gasteiger partial charge in [-0.25, -0.2) is 0 Å². The SMILES string of the molecule is COc1ccc(CCC(=O)N2CC(C(=O)NC3CCCCC3)C3(CCOCC3)C2)cc1. The van der Waals surface area contributed by atoms with Crippen LogP contribution < -0.4 is 10.1 Å². The third-order valence-electron chi connectivity index (χ3n) is 7.54. The van der Waals surface area contributed by atoms with E-state index in [1.807, 2.05) is 29.2 Å².